The first kappa shape index (κ1) is 26.6. The summed E-state index contributed by atoms with van der Waals surface area (Å²) in [5.74, 6) is -1.16. The molecule has 1 amide bonds. The summed E-state index contributed by atoms with van der Waals surface area (Å²) in [7, 11) is 0. The third-order valence-electron chi connectivity index (χ3n) is 6.00. The van der Waals surface area contributed by atoms with Crippen LogP contribution in [0.25, 0.3) is 21.9 Å². The molecule has 1 aliphatic heterocycles. The number of aliphatic carboxylic acids is 1. The number of anilines is 1. The standard InChI is InChI=1S/C23H23N5O3.C2HF3O2/c29-21(11-5-10-20-24-18-8-3-1-6-16(18)23(30)25-20)27-12-14-28(15-13-27)22-17-7-2-4-9-19(17)31-26-22;3-2(4,5)1(6)7/h1-4,6-9H,5,10-15H2,(H,24,25,30);(H,6,7). The molecule has 5 rings (SSSR count). The van der Waals surface area contributed by atoms with Gasteiger partial charge >= 0.3 is 12.1 Å². The number of carbonyl (C=O) groups is 2. The van der Waals surface area contributed by atoms with Gasteiger partial charge in [-0.2, -0.15) is 13.2 Å². The Labute approximate surface area is 213 Å². The molecule has 2 aromatic heterocycles. The van der Waals surface area contributed by atoms with Gasteiger partial charge < -0.3 is 24.4 Å². The Balaban J connectivity index is 0.000000426. The summed E-state index contributed by atoms with van der Waals surface area (Å²) in [6.07, 6.45) is -3.44. The summed E-state index contributed by atoms with van der Waals surface area (Å²) in [5, 5.41) is 12.9. The molecule has 0 bridgehead atoms. The molecule has 4 aromatic rings. The van der Waals surface area contributed by atoms with E-state index in [1.165, 1.54) is 0 Å². The predicted molar refractivity (Wildman–Crippen MR) is 132 cm³/mol. The molecule has 38 heavy (non-hydrogen) atoms. The topological polar surface area (TPSA) is 133 Å². The summed E-state index contributed by atoms with van der Waals surface area (Å²) in [6, 6.07) is 15.1. The Bertz CT molecular complexity index is 1490. The van der Waals surface area contributed by atoms with Gasteiger partial charge in [0.05, 0.1) is 16.3 Å². The van der Waals surface area contributed by atoms with E-state index in [1.54, 1.807) is 6.07 Å². The number of aromatic amines is 1. The number of aryl methyl sites for hydroxylation is 1. The minimum atomic E-state index is -5.08. The molecular formula is C25H24F3N5O5. The molecule has 1 fully saturated rings. The third-order valence-corrected chi connectivity index (χ3v) is 6.00. The van der Waals surface area contributed by atoms with Crippen LogP contribution in [-0.2, 0) is 16.0 Å². The fraction of sp³-hybridized carbons (Fsp3) is 0.320. The van der Waals surface area contributed by atoms with Crippen LogP contribution in [0.3, 0.4) is 0 Å². The average molecular weight is 531 g/mol. The SMILES string of the molecule is O=C(CCCc1nc2ccccc2c(=O)[nH]1)N1CCN(c2noc3ccccc23)CC1.O=C(O)C(F)(F)F. The summed E-state index contributed by atoms with van der Waals surface area (Å²) >= 11 is 0. The number of rotatable bonds is 5. The molecule has 2 N–H and O–H groups in total. The van der Waals surface area contributed by atoms with Gasteiger partial charge in [-0.05, 0) is 30.7 Å². The number of halogens is 3. The van der Waals surface area contributed by atoms with Crippen LogP contribution in [0.5, 0.6) is 0 Å². The first-order valence-corrected chi connectivity index (χ1v) is 11.8. The highest BCUT2D eigenvalue weighted by atomic mass is 19.4. The fourth-order valence-corrected chi connectivity index (χ4v) is 4.09. The number of hydrogen-bond donors (Lipinski definition) is 2. The van der Waals surface area contributed by atoms with Crippen molar-refractivity contribution in [2.75, 3.05) is 31.1 Å². The molecule has 0 atom stereocenters. The number of carboxylic acid groups (broad SMARTS) is 1. The second-order valence-corrected chi connectivity index (χ2v) is 8.56. The van der Waals surface area contributed by atoms with Crippen molar-refractivity contribution in [2.45, 2.75) is 25.4 Å². The average Bonchev–Trinajstić information content (AvgIpc) is 3.33. The number of alkyl halides is 3. The van der Waals surface area contributed by atoms with Crippen LogP contribution in [0, 0.1) is 0 Å². The number of nitrogens with zero attached hydrogens (tertiary/aromatic N) is 4. The number of carboxylic acids is 1. The summed E-state index contributed by atoms with van der Waals surface area (Å²) in [6.45, 7) is 2.76. The number of hydrogen-bond acceptors (Lipinski definition) is 7. The minimum absolute atomic E-state index is 0.132. The highest BCUT2D eigenvalue weighted by molar-refractivity contribution is 5.88. The normalized spacial score (nSPS) is 13.9. The van der Waals surface area contributed by atoms with Gasteiger partial charge in [0.2, 0.25) is 5.91 Å². The van der Waals surface area contributed by atoms with Crippen molar-refractivity contribution in [3.05, 3.63) is 64.7 Å². The molecule has 2 aromatic carbocycles. The first-order valence-electron chi connectivity index (χ1n) is 11.8. The van der Waals surface area contributed by atoms with E-state index in [2.05, 4.69) is 20.0 Å². The lowest BCUT2D eigenvalue weighted by molar-refractivity contribution is -0.192. The maximum absolute atomic E-state index is 12.7. The highest BCUT2D eigenvalue weighted by Gasteiger charge is 2.38. The quantitative estimate of drug-likeness (QED) is 0.401. The largest absolute Gasteiger partial charge is 0.490 e. The molecule has 1 saturated heterocycles. The number of nitrogens with one attached hydrogen (secondary N) is 1. The van der Waals surface area contributed by atoms with E-state index in [0.29, 0.717) is 49.1 Å². The molecule has 3 heterocycles. The lowest BCUT2D eigenvalue weighted by Crippen LogP contribution is -2.49. The van der Waals surface area contributed by atoms with E-state index in [1.807, 2.05) is 47.4 Å². The van der Waals surface area contributed by atoms with E-state index < -0.39 is 12.1 Å². The molecule has 10 nitrogen and oxygen atoms in total. The maximum atomic E-state index is 12.7. The Kier molecular flexibility index (Phi) is 7.93. The van der Waals surface area contributed by atoms with Gasteiger partial charge in [-0.3, -0.25) is 9.59 Å². The van der Waals surface area contributed by atoms with Crippen LogP contribution >= 0.6 is 0 Å². The molecule has 1 aliphatic rings. The Morgan fingerprint density at radius 3 is 2.32 bits per heavy atom. The number of fused-ring (bicyclic) bond motifs is 2. The molecule has 13 heteroatoms. The second-order valence-electron chi connectivity index (χ2n) is 8.56. The van der Waals surface area contributed by atoms with Crippen LogP contribution in [-0.4, -0.2) is 69.4 Å². The third kappa shape index (κ3) is 6.28. The van der Waals surface area contributed by atoms with Crippen LogP contribution in [0.2, 0.25) is 0 Å². The Morgan fingerprint density at radius 1 is 1.00 bits per heavy atom. The summed E-state index contributed by atoms with van der Waals surface area (Å²) < 4.78 is 37.1. The fourth-order valence-electron chi connectivity index (χ4n) is 4.09. The van der Waals surface area contributed by atoms with Crippen molar-refractivity contribution in [3.8, 4) is 0 Å². The lowest BCUT2D eigenvalue weighted by Gasteiger charge is -2.34. The van der Waals surface area contributed by atoms with Crippen LogP contribution in [0.15, 0.2) is 57.8 Å². The molecule has 0 saturated carbocycles. The summed E-state index contributed by atoms with van der Waals surface area (Å²) in [4.78, 5) is 45.1. The molecule has 0 radical (unpaired) electrons. The Morgan fingerprint density at radius 2 is 1.63 bits per heavy atom. The first-order chi connectivity index (χ1) is 18.1. The molecular weight excluding hydrogens is 507 g/mol. The van der Waals surface area contributed by atoms with Crippen molar-refractivity contribution < 1.29 is 32.4 Å². The van der Waals surface area contributed by atoms with E-state index in [0.717, 1.165) is 29.9 Å². The van der Waals surface area contributed by atoms with Crippen molar-refractivity contribution in [2.24, 2.45) is 0 Å². The molecule has 0 aliphatic carbocycles. The van der Waals surface area contributed by atoms with Gasteiger partial charge in [0.15, 0.2) is 11.4 Å². The van der Waals surface area contributed by atoms with E-state index in [-0.39, 0.29) is 11.5 Å². The van der Waals surface area contributed by atoms with E-state index in [4.69, 9.17) is 14.4 Å². The number of aromatic nitrogens is 3. The van der Waals surface area contributed by atoms with Crippen LogP contribution < -0.4 is 10.5 Å². The number of piperazine rings is 1. The highest BCUT2D eigenvalue weighted by Crippen LogP contribution is 2.26. The Hall–Kier alpha value is -4.42. The lowest BCUT2D eigenvalue weighted by atomic mass is 10.2. The number of para-hydroxylation sites is 2. The molecule has 0 spiro atoms. The number of amides is 1. The zero-order chi connectivity index (χ0) is 27.3. The van der Waals surface area contributed by atoms with Gasteiger partial charge in [0.1, 0.15) is 5.82 Å². The van der Waals surface area contributed by atoms with Crippen molar-refractivity contribution >= 4 is 39.6 Å². The molecule has 0 unspecified atom stereocenters. The maximum Gasteiger partial charge on any atom is 0.490 e. The van der Waals surface area contributed by atoms with Gasteiger partial charge in [-0.1, -0.05) is 29.4 Å². The molecule has 200 valence electrons. The monoisotopic (exact) mass is 531 g/mol. The zero-order valence-corrected chi connectivity index (χ0v) is 20.1. The summed E-state index contributed by atoms with van der Waals surface area (Å²) in [5.41, 5.74) is 1.32. The number of carbonyl (C=O) groups excluding carboxylic acids is 1. The minimum Gasteiger partial charge on any atom is -0.475 e. The number of H-pyrrole nitrogens is 1. The van der Waals surface area contributed by atoms with E-state index in [9.17, 15) is 22.8 Å². The van der Waals surface area contributed by atoms with E-state index >= 15 is 0 Å². The predicted octanol–water partition coefficient (Wildman–Crippen LogP) is 3.37. The van der Waals surface area contributed by atoms with Gasteiger partial charge in [0, 0.05) is 39.0 Å². The van der Waals surface area contributed by atoms with Crippen molar-refractivity contribution in [1.82, 2.24) is 20.0 Å². The second kappa shape index (κ2) is 11.3. The van der Waals surface area contributed by atoms with Gasteiger partial charge in [0.25, 0.3) is 5.56 Å². The van der Waals surface area contributed by atoms with Crippen LogP contribution in [0.1, 0.15) is 18.7 Å². The number of benzene rings is 2. The van der Waals surface area contributed by atoms with Gasteiger partial charge in [-0.15, -0.1) is 0 Å². The van der Waals surface area contributed by atoms with Gasteiger partial charge in [-0.25, -0.2) is 9.78 Å². The van der Waals surface area contributed by atoms with Crippen LogP contribution in [0.4, 0.5) is 19.0 Å². The smallest absolute Gasteiger partial charge is 0.475 e. The van der Waals surface area contributed by atoms with Crippen molar-refractivity contribution in [1.29, 1.82) is 0 Å². The van der Waals surface area contributed by atoms with Crippen molar-refractivity contribution in [3.63, 3.8) is 0 Å². The zero-order valence-electron chi connectivity index (χ0n) is 20.1.